The van der Waals surface area contributed by atoms with Gasteiger partial charge in [0.25, 0.3) is 0 Å². The van der Waals surface area contributed by atoms with E-state index in [-0.39, 0.29) is 0 Å². The van der Waals surface area contributed by atoms with Crippen molar-refractivity contribution in [3.63, 3.8) is 0 Å². The maximum absolute atomic E-state index is 6.97. The molecule has 0 aliphatic heterocycles. The summed E-state index contributed by atoms with van der Waals surface area (Å²) in [6, 6.07) is 62.7. The molecule has 234 valence electrons. The minimum atomic E-state index is 0.910. The van der Waals surface area contributed by atoms with Gasteiger partial charge in [0, 0.05) is 16.3 Å². The normalized spacial score (nSPS) is 12.3. The van der Waals surface area contributed by atoms with Crippen molar-refractivity contribution in [2.24, 2.45) is 0 Å². The van der Waals surface area contributed by atoms with Gasteiger partial charge in [0.1, 0.15) is 11.2 Å². The lowest BCUT2D eigenvalue weighted by atomic mass is 9.86. The highest BCUT2D eigenvalue weighted by molar-refractivity contribution is 6.29. The second-order valence-electron chi connectivity index (χ2n) is 14.0. The van der Waals surface area contributed by atoms with Crippen molar-refractivity contribution in [1.29, 1.82) is 0 Å². The standard InChI is InChI=1S/C50H28O/c1-4-13-37-29(8-1)18-23-41-42(26-34-10-3-6-15-39(34)48(37)41)43-27-35(28-44-49-38-14-5-2-9-30(38)21-25-45(49)51-50(43)44)36-22-19-33-17-16-31-11-7-12-32-20-24-40(36)47(33)46(31)32/h1-28H. The maximum atomic E-state index is 6.97. The van der Waals surface area contributed by atoms with Gasteiger partial charge >= 0.3 is 0 Å². The Morgan fingerprint density at radius 3 is 1.59 bits per heavy atom. The first kappa shape index (κ1) is 27.2. The molecule has 51 heavy (non-hydrogen) atoms. The molecule has 0 aliphatic rings. The number of furan rings is 1. The molecule has 12 aromatic rings. The van der Waals surface area contributed by atoms with Gasteiger partial charge in [0.2, 0.25) is 0 Å². The zero-order valence-corrected chi connectivity index (χ0v) is 27.6. The van der Waals surface area contributed by atoms with Crippen molar-refractivity contribution in [1.82, 2.24) is 0 Å². The summed E-state index contributed by atoms with van der Waals surface area (Å²) in [5.74, 6) is 0. The SMILES string of the molecule is c1ccc2c(c1)ccc1oc3c(-c4cc5ccccc5c5c4ccc4ccccc45)cc(-c4ccc5ccc6cccc7ccc4c5c67)cc3c12. The monoisotopic (exact) mass is 644 g/mol. The first-order chi connectivity index (χ1) is 25.3. The van der Waals surface area contributed by atoms with E-state index in [0.29, 0.717) is 0 Å². The molecular weight excluding hydrogens is 617 g/mol. The highest BCUT2D eigenvalue weighted by Gasteiger charge is 2.21. The van der Waals surface area contributed by atoms with Crippen molar-refractivity contribution in [2.75, 3.05) is 0 Å². The van der Waals surface area contributed by atoms with E-state index in [1.165, 1.54) is 97.5 Å². The van der Waals surface area contributed by atoms with Crippen LogP contribution in [0.2, 0.25) is 0 Å². The molecule has 11 aromatic carbocycles. The van der Waals surface area contributed by atoms with E-state index in [0.717, 1.165) is 22.1 Å². The van der Waals surface area contributed by atoms with Crippen LogP contribution >= 0.6 is 0 Å². The van der Waals surface area contributed by atoms with Gasteiger partial charge in [-0.2, -0.15) is 0 Å². The van der Waals surface area contributed by atoms with Crippen molar-refractivity contribution >= 4 is 97.3 Å². The van der Waals surface area contributed by atoms with Crippen LogP contribution in [0.5, 0.6) is 0 Å². The number of fused-ring (bicyclic) bond motifs is 10. The van der Waals surface area contributed by atoms with Crippen molar-refractivity contribution in [2.45, 2.75) is 0 Å². The summed E-state index contributed by atoms with van der Waals surface area (Å²) in [5.41, 5.74) is 6.55. The van der Waals surface area contributed by atoms with Crippen LogP contribution in [0.1, 0.15) is 0 Å². The fourth-order valence-electron chi connectivity index (χ4n) is 9.08. The second-order valence-corrected chi connectivity index (χ2v) is 14.0. The average molecular weight is 645 g/mol. The van der Waals surface area contributed by atoms with E-state index >= 15 is 0 Å². The Kier molecular flexibility index (Phi) is 5.29. The summed E-state index contributed by atoms with van der Waals surface area (Å²) < 4.78 is 6.97. The highest BCUT2D eigenvalue weighted by Crippen LogP contribution is 2.47. The van der Waals surface area contributed by atoms with E-state index in [1.807, 2.05) is 0 Å². The third kappa shape index (κ3) is 3.70. The van der Waals surface area contributed by atoms with Crippen LogP contribution < -0.4 is 0 Å². The van der Waals surface area contributed by atoms with Gasteiger partial charge in [-0.3, -0.25) is 0 Å². The topological polar surface area (TPSA) is 13.1 Å². The third-order valence-electron chi connectivity index (χ3n) is 11.3. The molecule has 0 bridgehead atoms. The van der Waals surface area contributed by atoms with E-state index in [4.69, 9.17) is 4.42 Å². The van der Waals surface area contributed by atoms with Gasteiger partial charge in [-0.05, 0) is 116 Å². The zero-order valence-electron chi connectivity index (χ0n) is 27.6. The lowest BCUT2D eigenvalue weighted by Crippen LogP contribution is -1.90. The Morgan fingerprint density at radius 2 is 0.824 bits per heavy atom. The molecule has 0 radical (unpaired) electrons. The molecule has 0 aliphatic carbocycles. The van der Waals surface area contributed by atoms with Crippen molar-refractivity contribution < 1.29 is 4.42 Å². The van der Waals surface area contributed by atoms with Crippen LogP contribution in [0.15, 0.2) is 174 Å². The molecule has 1 nitrogen and oxygen atoms in total. The fourth-order valence-corrected chi connectivity index (χ4v) is 9.08. The fraction of sp³-hybridized carbons (Fsp3) is 0. The summed E-state index contributed by atoms with van der Waals surface area (Å²) in [7, 11) is 0. The Balaban J connectivity index is 1.27. The van der Waals surface area contributed by atoms with Crippen molar-refractivity contribution in [3.05, 3.63) is 170 Å². The largest absolute Gasteiger partial charge is 0.455 e. The molecule has 0 spiro atoms. The zero-order chi connectivity index (χ0) is 33.2. The first-order valence-electron chi connectivity index (χ1n) is 17.7. The summed E-state index contributed by atoms with van der Waals surface area (Å²) in [6.45, 7) is 0. The second kappa shape index (κ2) is 9.94. The third-order valence-corrected chi connectivity index (χ3v) is 11.3. The van der Waals surface area contributed by atoms with E-state index in [2.05, 4.69) is 170 Å². The molecule has 0 N–H and O–H groups in total. The predicted molar refractivity (Wildman–Crippen MR) is 218 cm³/mol. The van der Waals surface area contributed by atoms with Crippen molar-refractivity contribution in [3.8, 4) is 22.3 Å². The Hall–Kier alpha value is -6.70. The molecule has 12 rings (SSSR count). The number of rotatable bonds is 2. The van der Waals surface area contributed by atoms with Gasteiger partial charge in [-0.25, -0.2) is 0 Å². The minimum Gasteiger partial charge on any atom is -0.455 e. The van der Waals surface area contributed by atoms with Crippen LogP contribution in [0.25, 0.3) is 120 Å². The van der Waals surface area contributed by atoms with Crippen LogP contribution in [0.4, 0.5) is 0 Å². The molecule has 1 heteroatoms. The van der Waals surface area contributed by atoms with Crippen LogP contribution in [-0.4, -0.2) is 0 Å². The Morgan fingerprint density at radius 1 is 0.275 bits per heavy atom. The Bertz CT molecular complexity index is 3380. The van der Waals surface area contributed by atoms with E-state index < -0.39 is 0 Å². The van der Waals surface area contributed by atoms with Gasteiger partial charge < -0.3 is 4.42 Å². The van der Waals surface area contributed by atoms with E-state index in [1.54, 1.807) is 0 Å². The minimum absolute atomic E-state index is 0.910. The molecule has 0 fully saturated rings. The molecular formula is C50H28O. The summed E-state index contributed by atoms with van der Waals surface area (Å²) >= 11 is 0. The highest BCUT2D eigenvalue weighted by atomic mass is 16.3. The summed E-state index contributed by atoms with van der Waals surface area (Å²) in [4.78, 5) is 0. The first-order valence-corrected chi connectivity index (χ1v) is 17.7. The predicted octanol–water partition coefficient (Wildman–Crippen LogP) is 14.4. The number of benzene rings is 11. The quantitative estimate of drug-likeness (QED) is 0.171. The Labute approximate surface area is 292 Å². The number of hydrogen-bond acceptors (Lipinski definition) is 1. The van der Waals surface area contributed by atoms with E-state index in [9.17, 15) is 0 Å². The van der Waals surface area contributed by atoms with Gasteiger partial charge in [-0.15, -0.1) is 0 Å². The van der Waals surface area contributed by atoms with Crippen LogP contribution in [-0.2, 0) is 0 Å². The molecule has 0 unspecified atom stereocenters. The maximum Gasteiger partial charge on any atom is 0.143 e. The molecule has 0 saturated carbocycles. The molecule has 0 atom stereocenters. The smallest absolute Gasteiger partial charge is 0.143 e. The average Bonchev–Trinajstić information content (AvgIpc) is 3.58. The van der Waals surface area contributed by atoms with Gasteiger partial charge in [0.15, 0.2) is 0 Å². The molecule has 0 saturated heterocycles. The molecule has 0 amide bonds. The van der Waals surface area contributed by atoms with Crippen LogP contribution in [0, 0.1) is 0 Å². The van der Waals surface area contributed by atoms with Gasteiger partial charge in [0.05, 0.1) is 0 Å². The molecule has 1 aromatic heterocycles. The molecule has 1 heterocycles. The lowest BCUT2D eigenvalue weighted by Gasteiger charge is -2.17. The summed E-state index contributed by atoms with van der Waals surface area (Å²) in [6.07, 6.45) is 0. The van der Waals surface area contributed by atoms with Gasteiger partial charge in [-0.1, -0.05) is 146 Å². The van der Waals surface area contributed by atoms with Crippen LogP contribution in [0.3, 0.4) is 0 Å². The summed E-state index contributed by atoms with van der Waals surface area (Å²) in [5, 5.41) is 20.0. The number of hydrogen-bond donors (Lipinski definition) is 0. The lowest BCUT2D eigenvalue weighted by molar-refractivity contribution is 0.670.